The maximum absolute atomic E-state index is 12.9. The van der Waals surface area contributed by atoms with Crippen molar-refractivity contribution in [1.82, 2.24) is 30.3 Å². The normalized spacial score (nSPS) is 23.4. The third-order valence-corrected chi connectivity index (χ3v) is 7.28. The molecule has 2 fully saturated rings. The van der Waals surface area contributed by atoms with E-state index in [0.717, 1.165) is 10.0 Å². The molecule has 2 N–H and O–H groups in total. The van der Waals surface area contributed by atoms with E-state index < -0.39 is 17.6 Å². The van der Waals surface area contributed by atoms with Crippen molar-refractivity contribution in [3.8, 4) is 0 Å². The van der Waals surface area contributed by atoms with E-state index in [1.807, 2.05) is 6.92 Å². The molecule has 10 nitrogen and oxygen atoms in total. The van der Waals surface area contributed by atoms with Crippen LogP contribution in [0.4, 0.5) is 0 Å². The second-order valence-corrected chi connectivity index (χ2v) is 9.88. The highest BCUT2D eigenvalue weighted by Crippen LogP contribution is 2.35. The number of nitrogens with one attached hydrogen (secondary N) is 1. The van der Waals surface area contributed by atoms with Gasteiger partial charge in [-0.05, 0) is 38.3 Å². The summed E-state index contributed by atoms with van der Waals surface area (Å²) in [5, 5.41) is 23.7. The molecular formula is C21H24N6O4S. The van der Waals surface area contributed by atoms with Crippen LogP contribution in [-0.2, 0) is 28.3 Å². The van der Waals surface area contributed by atoms with E-state index in [4.69, 9.17) is 0 Å². The fourth-order valence-corrected chi connectivity index (χ4v) is 5.38. The smallest absolute Gasteiger partial charge is 0.256 e. The minimum Gasteiger partial charge on any atom is -0.383 e. The first-order valence-corrected chi connectivity index (χ1v) is 11.5. The SMILES string of the molecule is Cc1nnc(CN2CCC(O)(c3ccc4c(n3)CN(C3CCC(=O)NC3=O)C4=O)CC2)s1. The summed E-state index contributed by atoms with van der Waals surface area (Å²) in [6.45, 7) is 4.26. The maximum Gasteiger partial charge on any atom is 0.256 e. The van der Waals surface area contributed by atoms with E-state index in [1.54, 1.807) is 23.5 Å². The number of carbonyl (C=O) groups is 3. The molecule has 0 aliphatic carbocycles. The highest BCUT2D eigenvalue weighted by atomic mass is 32.1. The second-order valence-electron chi connectivity index (χ2n) is 8.61. The van der Waals surface area contributed by atoms with E-state index in [2.05, 4.69) is 25.4 Å². The predicted octanol–water partition coefficient (Wildman–Crippen LogP) is 0.486. The number of likely N-dealkylation sites (tertiary alicyclic amines) is 1. The third kappa shape index (κ3) is 3.80. The summed E-state index contributed by atoms with van der Waals surface area (Å²) in [6, 6.07) is 2.74. The van der Waals surface area contributed by atoms with Gasteiger partial charge in [0.25, 0.3) is 5.91 Å². The second kappa shape index (κ2) is 7.98. The van der Waals surface area contributed by atoms with Gasteiger partial charge in [-0.1, -0.05) is 0 Å². The Hall–Kier alpha value is -2.76. The number of hydrogen-bond acceptors (Lipinski definition) is 9. The van der Waals surface area contributed by atoms with Crippen LogP contribution in [0.2, 0.25) is 0 Å². The molecule has 1 unspecified atom stereocenters. The molecule has 168 valence electrons. The fourth-order valence-electron chi connectivity index (χ4n) is 4.62. The average Bonchev–Trinajstić information content (AvgIpc) is 3.32. The zero-order chi connectivity index (χ0) is 22.5. The van der Waals surface area contributed by atoms with Crippen molar-refractivity contribution in [3.63, 3.8) is 0 Å². The lowest BCUT2D eigenvalue weighted by Gasteiger charge is -2.37. The number of pyridine rings is 1. The molecule has 3 aliphatic heterocycles. The summed E-state index contributed by atoms with van der Waals surface area (Å²) in [4.78, 5) is 44.9. The molecule has 2 aromatic heterocycles. The van der Waals surface area contributed by atoms with Gasteiger partial charge < -0.3 is 10.0 Å². The van der Waals surface area contributed by atoms with Crippen molar-refractivity contribution in [2.45, 2.75) is 57.3 Å². The Labute approximate surface area is 188 Å². The lowest BCUT2D eigenvalue weighted by molar-refractivity contribution is -0.136. The van der Waals surface area contributed by atoms with Crippen molar-refractivity contribution < 1.29 is 19.5 Å². The predicted molar refractivity (Wildman–Crippen MR) is 113 cm³/mol. The average molecular weight is 457 g/mol. The summed E-state index contributed by atoms with van der Waals surface area (Å²) in [5.74, 6) is -1.02. The molecule has 0 spiro atoms. The number of fused-ring (bicyclic) bond motifs is 1. The first-order valence-electron chi connectivity index (χ1n) is 10.7. The molecule has 3 aliphatic rings. The molecule has 0 aromatic carbocycles. The lowest BCUT2D eigenvalue weighted by Crippen LogP contribution is -2.52. The first-order chi connectivity index (χ1) is 15.3. The number of piperidine rings is 2. The Kier molecular flexibility index (Phi) is 5.26. The quantitative estimate of drug-likeness (QED) is 0.636. The van der Waals surface area contributed by atoms with Crippen molar-refractivity contribution >= 4 is 29.1 Å². The topological polar surface area (TPSA) is 129 Å². The Bertz CT molecular complexity index is 1090. The van der Waals surface area contributed by atoms with Gasteiger partial charge >= 0.3 is 0 Å². The van der Waals surface area contributed by atoms with Crippen LogP contribution in [0.5, 0.6) is 0 Å². The molecule has 3 amide bonds. The zero-order valence-corrected chi connectivity index (χ0v) is 18.5. The molecule has 1 atom stereocenters. The summed E-state index contributed by atoms with van der Waals surface area (Å²) in [7, 11) is 0. The van der Waals surface area contributed by atoms with Crippen LogP contribution < -0.4 is 5.32 Å². The van der Waals surface area contributed by atoms with Crippen LogP contribution >= 0.6 is 11.3 Å². The minimum atomic E-state index is -1.06. The van der Waals surface area contributed by atoms with Gasteiger partial charge in [0.15, 0.2) is 0 Å². The van der Waals surface area contributed by atoms with E-state index in [1.165, 1.54) is 4.90 Å². The van der Waals surface area contributed by atoms with E-state index >= 15 is 0 Å². The van der Waals surface area contributed by atoms with Crippen molar-refractivity contribution in [1.29, 1.82) is 0 Å². The highest BCUT2D eigenvalue weighted by molar-refractivity contribution is 7.11. The highest BCUT2D eigenvalue weighted by Gasteiger charge is 2.41. The molecule has 5 rings (SSSR count). The van der Waals surface area contributed by atoms with Gasteiger partial charge in [0.1, 0.15) is 21.7 Å². The van der Waals surface area contributed by atoms with Crippen LogP contribution in [0.25, 0.3) is 0 Å². The first kappa shape index (κ1) is 21.1. The van der Waals surface area contributed by atoms with Gasteiger partial charge in [0.2, 0.25) is 11.8 Å². The fraction of sp³-hybridized carbons (Fsp3) is 0.524. The summed E-state index contributed by atoms with van der Waals surface area (Å²) in [5.41, 5.74) is 0.511. The Balaban J connectivity index is 1.28. The standard InChI is InChI=1S/C21H24N6O4S/c1-12-24-25-18(32-12)11-26-8-6-21(31,7-9-26)16-4-2-13-14(22-16)10-27(20(13)30)15-3-5-17(28)23-19(15)29/h2,4,15,31H,3,5-11H2,1H3,(H,23,28,29). The molecule has 11 heteroatoms. The number of aryl methyl sites for hydroxylation is 1. The maximum atomic E-state index is 12.9. The molecule has 2 aromatic rings. The van der Waals surface area contributed by atoms with E-state index in [9.17, 15) is 19.5 Å². The molecule has 32 heavy (non-hydrogen) atoms. The van der Waals surface area contributed by atoms with Crippen LogP contribution in [0, 0.1) is 6.92 Å². The molecular weight excluding hydrogens is 432 g/mol. The van der Waals surface area contributed by atoms with Crippen LogP contribution in [-0.4, -0.2) is 66.9 Å². The summed E-state index contributed by atoms with van der Waals surface area (Å²) in [6.07, 6.45) is 1.58. The lowest BCUT2D eigenvalue weighted by atomic mass is 9.87. The van der Waals surface area contributed by atoms with Gasteiger partial charge in [0, 0.05) is 19.5 Å². The number of amides is 3. The van der Waals surface area contributed by atoms with Gasteiger partial charge in [-0.25, -0.2) is 0 Å². The van der Waals surface area contributed by atoms with Gasteiger partial charge in [-0.2, -0.15) is 0 Å². The number of imide groups is 1. The third-order valence-electron chi connectivity index (χ3n) is 6.46. The van der Waals surface area contributed by atoms with Gasteiger partial charge in [0.05, 0.1) is 30.0 Å². The number of hydrogen-bond donors (Lipinski definition) is 2. The zero-order valence-electron chi connectivity index (χ0n) is 17.7. The summed E-state index contributed by atoms with van der Waals surface area (Å²) < 4.78 is 0. The Morgan fingerprint density at radius 2 is 2.00 bits per heavy atom. The van der Waals surface area contributed by atoms with Crippen molar-refractivity contribution in [2.75, 3.05) is 13.1 Å². The van der Waals surface area contributed by atoms with Crippen LogP contribution in [0.1, 0.15) is 57.4 Å². The number of rotatable bonds is 4. The monoisotopic (exact) mass is 456 g/mol. The van der Waals surface area contributed by atoms with E-state index in [0.29, 0.717) is 55.8 Å². The number of carbonyl (C=O) groups excluding carboxylic acids is 3. The number of aromatic nitrogens is 3. The Morgan fingerprint density at radius 3 is 2.69 bits per heavy atom. The molecule has 2 saturated heterocycles. The Morgan fingerprint density at radius 1 is 1.22 bits per heavy atom. The van der Waals surface area contributed by atoms with Gasteiger partial charge in [-0.3, -0.25) is 29.6 Å². The van der Waals surface area contributed by atoms with Crippen molar-refractivity contribution in [2.24, 2.45) is 0 Å². The van der Waals surface area contributed by atoms with Crippen molar-refractivity contribution in [3.05, 3.63) is 39.1 Å². The summed E-state index contributed by atoms with van der Waals surface area (Å²) >= 11 is 1.58. The van der Waals surface area contributed by atoms with Crippen LogP contribution in [0.3, 0.4) is 0 Å². The number of aliphatic hydroxyl groups is 1. The van der Waals surface area contributed by atoms with E-state index in [-0.39, 0.29) is 24.8 Å². The molecule has 0 radical (unpaired) electrons. The number of nitrogens with zero attached hydrogens (tertiary/aromatic N) is 5. The van der Waals surface area contributed by atoms with Gasteiger partial charge in [-0.15, -0.1) is 21.5 Å². The largest absolute Gasteiger partial charge is 0.383 e. The molecule has 0 bridgehead atoms. The molecule has 5 heterocycles. The minimum absolute atomic E-state index is 0.201. The van der Waals surface area contributed by atoms with Crippen LogP contribution in [0.15, 0.2) is 12.1 Å². The molecule has 0 saturated carbocycles.